The van der Waals surface area contributed by atoms with Crippen molar-refractivity contribution in [3.63, 3.8) is 0 Å². The predicted molar refractivity (Wildman–Crippen MR) is 92.5 cm³/mol. The van der Waals surface area contributed by atoms with E-state index in [4.69, 9.17) is 4.42 Å². The van der Waals surface area contributed by atoms with E-state index in [2.05, 4.69) is 56.2 Å². The molecule has 2 aromatic heterocycles. The van der Waals surface area contributed by atoms with Crippen LogP contribution in [0.2, 0.25) is 0 Å². The Bertz CT molecular complexity index is 779. The summed E-state index contributed by atoms with van der Waals surface area (Å²) >= 11 is 1.61. The molecule has 0 radical (unpaired) electrons. The number of aryl methyl sites for hydroxylation is 2. The molecule has 0 saturated carbocycles. The molecule has 1 N–H and O–H groups in total. The Labute approximate surface area is 140 Å². The molecule has 2 heterocycles. The number of nitrogens with one attached hydrogen (secondary N) is 1. The minimum absolute atomic E-state index is 0.150. The molecule has 3 aromatic rings. The zero-order chi connectivity index (χ0) is 16.4. The molecule has 0 aliphatic rings. The number of hydrogen-bond acceptors (Lipinski definition) is 4. The lowest BCUT2D eigenvalue weighted by Crippen LogP contribution is -3.07. The first kappa shape index (κ1) is 15.9. The molecule has 0 spiro atoms. The molecular formula is C18H22N3OS+. The molecule has 23 heavy (non-hydrogen) atoms. The van der Waals surface area contributed by atoms with Crippen molar-refractivity contribution in [1.29, 1.82) is 0 Å². The molecule has 0 aliphatic carbocycles. The Morgan fingerprint density at radius 1 is 1.22 bits per heavy atom. The van der Waals surface area contributed by atoms with Gasteiger partial charge in [-0.05, 0) is 37.8 Å². The number of nitrogens with zero attached hydrogens (tertiary/aromatic N) is 2. The molecule has 1 unspecified atom stereocenters. The van der Waals surface area contributed by atoms with Gasteiger partial charge in [0.2, 0.25) is 0 Å². The van der Waals surface area contributed by atoms with E-state index < -0.39 is 0 Å². The van der Waals surface area contributed by atoms with Crippen LogP contribution in [0.1, 0.15) is 35.5 Å². The van der Waals surface area contributed by atoms with Crippen molar-refractivity contribution in [2.45, 2.75) is 33.4 Å². The second kappa shape index (κ2) is 6.64. The van der Waals surface area contributed by atoms with Crippen LogP contribution in [0.3, 0.4) is 0 Å². The van der Waals surface area contributed by atoms with Crippen molar-refractivity contribution in [3.8, 4) is 10.8 Å². The maximum absolute atomic E-state index is 5.87. The lowest BCUT2D eigenvalue weighted by atomic mass is 10.1. The fraction of sp³-hybridized carbons (Fsp3) is 0.333. The quantitative estimate of drug-likeness (QED) is 0.782. The lowest BCUT2D eigenvalue weighted by Gasteiger charge is -2.20. The maximum atomic E-state index is 5.87. The molecule has 1 aromatic carbocycles. The Morgan fingerprint density at radius 2 is 2.04 bits per heavy atom. The Morgan fingerprint density at radius 3 is 2.74 bits per heavy atom. The standard InChI is InChI=1S/C18H21N3OS/c1-12-7-8-15(13(2)10-12)11-21(4)14(3)17-19-20-18(22-17)16-6-5-9-23-16/h5-10,14H,11H2,1-4H3/p+1/t14-/m1/s1. The fourth-order valence-electron chi connectivity index (χ4n) is 2.62. The smallest absolute Gasteiger partial charge is 0.274 e. The fourth-order valence-corrected chi connectivity index (χ4v) is 3.26. The first-order valence-electron chi connectivity index (χ1n) is 7.80. The van der Waals surface area contributed by atoms with Gasteiger partial charge in [0.15, 0.2) is 6.04 Å². The Kier molecular flexibility index (Phi) is 4.59. The van der Waals surface area contributed by atoms with E-state index in [1.54, 1.807) is 11.3 Å². The van der Waals surface area contributed by atoms with Crippen LogP contribution in [-0.2, 0) is 6.54 Å². The van der Waals surface area contributed by atoms with Gasteiger partial charge in [0, 0.05) is 5.56 Å². The molecular weight excluding hydrogens is 306 g/mol. The minimum Gasteiger partial charge on any atom is -0.414 e. The van der Waals surface area contributed by atoms with Crippen molar-refractivity contribution in [2.75, 3.05) is 7.05 Å². The number of benzene rings is 1. The van der Waals surface area contributed by atoms with Gasteiger partial charge in [0.05, 0.1) is 11.9 Å². The first-order valence-corrected chi connectivity index (χ1v) is 8.68. The van der Waals surface area contributed by atoms with Gasteiger partial charge in [-0.15, -0.1) is 21.5 Å². The van der Waals surface area contributed by atoms with Crippen LogP contribution in [0.15, 0.2) is 40.1 Å². The summed E-state index contributed by atoms with van der Waals surface area (Å²) in [6.45, 7) is 7.36. The monoisotopic (exact) mass is 328 g/mol. The minimum atomic E-state index is 0.150. The van der Waals surface area contributed by atoms with E-state index in [1.165, 1.54) is 21.6 Å². The van der Waals surface area contributed by atoms with Crippen molar-refractivity contribution in [1.82, 2.24) is 10.2 Å². The van der Waals surface area contributed by atoms with E-state index in [9.17, 15) is 0 Å². The van der Waals surface area contributed by atoms with Crippen molar-refractivity contribution < 1.29 is 9.32 Å². The molecule has 0 amide bonds. The SMILES string of the molecule is Cc1ccc(C[NH+](C)[C@H](C)c2nnc(-c3cccs3)o2)c(C)c1. The van der Waals surface area contributed by atoms with E-state index in [0.717, 1.165) is 11.4 Å². The second-order valence-corrected chi connectivity index (χ2v) is 7.05. The highest BCUT2D eigenvalue weighted by Crippen LogP contribution is 2.24. The number of aromatic nitrogens is 2. The van der Waals surface area contributed by atoms with E-state index >= 15 is 0 Å². The Balaban J connectivity index is 1.73. The molecule has 0 fully saturated rings. The third kappa shape index (κ3) is 3.51. The summed E-state index contributed by atoms with van der Waals surface area (Å²) in [5.74, 6) is 1.30. The molecule has 3 rings (SSSR count). The van der Waals surface area contributed by atoms with Crippen molar-refractivity contribution >= 4 is 11.3 Å². The van der Waals surface area contributed by atoms with Crippen LogP contribution in [0.5, 0.6) is 0 Å². The van der Waals surface area contributed by atoms with Gasteiger partial charge in [0.1, 0.15) is 6.54 Å². The lowest BCUT2D eigenvalue weighted by molar-refractivity contribution is -0.925. The highest BCUT2D eigenvalue weighted by atomic mass is 32.1. The van der Waals surface area contributed by atoms with E-state index in [0.29, 0.717) is 11.8 Å². The van der Waals surface area contributed by atoms with Gasteiger partial charge in [0.25, 0.3) is 11.8 Å². The van der Waals surface area contributed by atoms with Crippen molar-refractivity contribution in [3.05, 3.63) is 58.3 Å². The summed E-state index contributed by atoms with van der Waals surface area (Å²) in [7, 11) is 2.17. The number of hydrogen-bond donors (Lipinski definition) is 1. The van der Waals surface area contributed by atoms with Gasteiger partial charge >= 0.3 is 0 Å². The van der Waals surface area contributed by atoms with Crippen molar-refractivity contribution in [2.24, 2.45) is 0 Å². The van der Waals surface area contributed by atoms with E-state index in [-0.39, 0.29) is 6.04 Å². The van der Waals surface area contributed by atoms with Crippen LogP contribution >= 0.6 is 11.3 Å². The average molecular weight is 328 g/mol. The largest absolute Gasteiger partial charge is 0.414 e. The predicted octanol–water partition coefficient (Wildman–Crippen LogP) is 3.19. The van der Waals surface area contributed by atoms with Crippen LogP contribution in [0.25, 0.3) is 10.8 Å². The topological polar surface area (TPSA) is 43.4 Å². The molecule has 4 nitrogen and oxygen atoms in total. The summed E-state index contributed by atoms with van der Waals surface area (Å²) in [4.78, 5) is 2.35. The molecule has 120 valence electrons. The van der Waals surface area contributed by atoms with Gasteiger partial charge in [-0.1, -0.05) is 29.8 Å². The van der Waals surface area contributed by atoms with Gasteiger partial charge in [-0.2, -0.15) is 0 Å². The molecule has 2 atom stereocenters. The Hall–Kier alpha value is -1.98. The molecule has 0 saturated heterocycles. The molecule has 0 aliphatic heterocycles. The van der Waals surface area contributed by atoms with Crippen LogP contribution < -0.4 is 4.90 Å². The zero-order valence-corrected chi connectivity index (χ0v) is 14.8. The normalized spacial score (nSPS) is 13.9. The first-order chi connectivity index (χ1) is 11.0. The summed E-state index contributed by atoms with van der Waals surface area (Å²) in [6, 6.07) is 10.8. The van der Waals surface area contributed by atoms with Crippen LogP contribution in [0, 0.1) is 13.8 Å². The number of rotatable bonds is 5. The maximum Gasteiger partial charge on any atom is 0.274 e. The summed E-state index contributed by atoms with van der Waals surface area (Å²) < 4.78 is 5.87. The number of quaternary nitrogens is 1. The highest BCUT2D eigenvalue weighted by Gasteiger charge is 2.23. The number of thiophene rings is 1. The second-order valence-electron chi connectivity index (χ2n) is 6.10. The van der Waals surface area contributed by atoms with Gasteiger partial charge in [-0.3, -0.25) is 0 Å². The molecule has 0 bridgehead atoms. The van der Waals surface area contributed by atoms with E-state index in [1.807, 2.05) is 17.5 Å². The molecule has 5 heteroatoms. The summed E-state index contributed by atoms with van der Waals surface area (Å²) in [5.41, 5.74) is 3.99. The third-order valence-electron chi connectivity index (χ3n) is 4.25. The third-order valence-corrected chi connectivity index (χ3v) is 5.11. The zero-order valence-electron chi connectivity index (χ0n) is 14.0. The van der Waals surface area contributed by atoms with Gasteiger partial charge < -0.3 is 9.32 Å². The van der Waals surface area contributed by atoms with Crippen LogP contribution in [-0.4, -0.2) is 17.2 Å². The highest BCUT2D eigenvalue weighted by molar-refractivity contribution is 7.13. The average Bonchev–Trinajstić information content (AvgIpc) is 3.19. The summed E-state index contributed by atoms with van der Waals surface area (Å²) in [5, 5.41) is 10.4. The van der Waals surface area contributed by atoms with Crippen LogP contribution in [0.4, 0.5) is 0 Å². The summed E-state index contributed by atoms with van der Waals surface area (Å²) in [6.07, 6.45) is 0. The van der Waals surface area contributed by atoms with Gasteiger partial charge in [-0.25, -0.2) is 0 Å².